The Labute approximate surface area is 134 Å². The molecule has 4 heteroatoms. The van der Waals surface area contributed by atoms with E-state index in [4.69, 9.17) is 0 Å². The molecular weight excluding hydrogens is 284 g/mol. The molecule has 1 aliphatic rings. The Morgan fingerprint density at radius 3 is 2.48 bits per heavy atom. The van der Waals surface area contributed by atoms with Crippen LogP contribution in [-0.2, 0) is 10.3 Å². The average Bonchev–Trinajstić information content (AvgIpc) is 2.47. The minimum absolute atomic E-state index is 0. The van der Waals surface area contributed by atoms with Crippen molar-refractivity contribution >= 4 is 18.3 Å². The fourth-order valence-electron chi connectivity index (χ4n) is 2.84. The molecule has 0 aliphatic carbocycles. The third kappa shape index (κ3) is 5.68. The van der Waals surface area contributed by atoms with E-state index in [9.17, 15) is 4.79 Å². The van der Waals surface area contributed by atoms with Gasteiger partial charge in [0.05, 0.1) is 5.54 Å². The van der Waals surface area contributed by atoms with E-state index in [0.29, 0.717) is 12.3 Å². The lowest BCUT2D eigenvalue weighted by Crippen LogP contribution is -2.41. The highest BCUT2D eigenvalue weighted by Gasteiger charge is 2.23. The largest absolute Gasteiger partial charge is 0.347 e. The summed E-state index contributed by atoms with van der Waals surface area (Å²) in [5.41, 5.74) is 0.849. The quantitative estimate of drug-likeness (QED) is 0.876. The first-order valence-electron chi connectivity index (χ1n) is 7.65. The number of carbonyl (C=O) groups is 1. The summed E-state index contributed by atoms with van der Waals surface area (Å²) in [5.74, 6) is 0.874. The van der Waals surface area contributed by atoms with Crippen LogP contribution in [0.2, 0.25) is 0 Å². The third-order valence-corrected chi connectivity index (χ3v) is 4.19. The Morgan fingerprint density at radius 1 is 1.24 bits per heavy atom. The molecule has 0 bridgehead atoms. The molecule has 1 heterocycles. The van der Waals surface area contributed by atoms with Crippen LogP contribution in [0.4, 0.5) is 0 Å². The molecule has 2 N–H and O–H groups in total. The summed E-state index contributed by atoms with van der Waals surface area (Å²) in [5, 5.41) is 6.52. The lowest BCUT2D eigenvalue weighted by molar-refractivity contribution is -0.123. The van der Waals surface area contributed by atoms with Crippen LogP contribution >= 0.6 is 12.4 Å². The number of piperidine rings is 1. The number of rotatable bonds is 5. The van der Waals surface area contributed by atoms with Gasteiger partial charge in [-0.1, -0.05) is 30.3 Å². The van der Waals surface area contributed by atoms with Crippen LogP contribution < -0.4 is 10.6 Å². The molecule has 1 fully saturated rings. The molecule has 118 valence electrons. The second-order valence-corrected chi connectivity index (χ2v) is 6.27. The minimum Gasteiger partial charge on any atom is -0.347 e. The zero-order valence-corrected chi connectivity index (χ0v) is 13.8. The lowest BCUT2D eigenvalue weighted by atomic mass is 9.91. The van der Waals surface area contributed by atoms with Gasteiger partial charge in [-0.25, -0.2) is 0 Å². The fraction of sp³-hybridized carbons (Fsp3) is 0.588. The van der Waals surface area contributed by atoms with Crippen LogP contribution in [0.25, 0.3) is 0 Å². The van der Waals surface area contributed by atoms with E-state index < -0.39 is 0 Å². The van der Waals surface area contributed by atoms with Crippen LogP contribution in [-0.4, -0.2) is 19.0 Å². The SMILES string of the molecule is CC(C)(NC(=O)CCC1CCNCC1)c1ccccc1.Cl. The van der Waals surface area contributed by atoms with Crippen molar-refractivity contribution in [2.45, 2.75) is 45.1 Å². The maximum Gasteiger partial charge on any atom is 0.220 e. The Bertz CT molecular complexity index is 428. The average molecular weight is 311 g/mol. The van der Waals surface area contributed by atoms with Crippen molar-refractivity contribution in [1.29, 1.82) is 0 Å². The van der Waals surface area contributed by atoms with Gasteiger partial charge in [-0.2, -0.15) is 0 Å². The van der Waals surface area contributed by atoms with E-state index in [0.717, 1.165) is 25.1 Å². The van der Waals surface area contributed by atoms with Crippen molar-refractivity contribution in [3.8, 4) is 0 Å². The molecule has 1 aliphatic heterocycles. The zero-order chi connectivity index (χ0) is 14.4. The molecule has 1 amide bonds. The zero-order valence-electron chi connectivity index (χ0n) is 13.0. The Morgan fingerprint density at radius 2 is 1.86 bits per heavy atom. The summed E-state index contributed by atoms with van der Waals surface area (Å²) in [6.45, 7) is 6.32. The number of benzene rings is 1. The predicted molar refractivity (Wildman–Crippen MR) is 89.7 cm³/mol. The maximum atomic E-state index is 12.1. The van der Waals surface area contributed by atoms with Crippen molar-refractivity contribution in [3.05, 3.63) is 35.9 Å². The van der Waals surface area contributed by atoms with Gasteiger partial charge in [0, 0.05) is 6.42 Å². The van der Waals surface area contributed by atoms with Crippen LogP contribution in [0.3, 0.4) is 0 Å². The molecule has 0 spiro atoms. The summed E-state index contributed by atoms with van der Waals surface area (Å²) in [6.07, 6.45) is 4.06. The third-order valence-electron chi connectivity index (χ3n) is 4.19. The monoisotopic (exact) mass is 310 g/mol. The summed E-state index contributed by atoms with van der Waals surface area (Å²) >= 11 is 0. The summed E-state index contributed by atoms with van der Waals surface area (Å²) in [6, 6.07) is 10.1. The van der Waals surface area contributed by atoms with Gasteiger partial charge in [0.1, 0.15) is 0 Å². The van der Waals surface area contributed by atoms with Crippen molar-refractivity contribution in [1.82, 2.24) is 10.6 Å². The summed E-state index contributed by atoms with van der Waals surface area (Å²) < 4.78 is 0. The van der Waals surface area contributed by atoms with Gasteiger partial charge < -0.3 is 10.6 Å². The molecule has 0 saturated carbocycles. The normalized spacial score (nSPS) is 16.1. The van der Waals surface area contributed by atoms with Crippen LogP contribution in [0.15, 0.2) is 30.3 Å². The Hall–Kier alpha value is -1.06. The van der Waals surface area contributed by atoms with E-state index in [-0.39, 0.29) is 23.9 Å². The van der Waals surface area contributed by atoms with Crippen LogP contribution in [0, 0.1) is 5.92 Å². The molecular formula is C17H27ClN2O. The van der Waals surface area contributed by atoms with Gasteiger partial charge in [-0.3, -0.25) is 4.79 Å². The first-order valence-corrected chi connectivity index (χ1v) is 7.65. The summed E-state index contributed by atoms with van der Waals surface area (Å²) in [4.78, 5) is 12.1. The van der Waals surface area contributed by atoms with E-state index in [1.165, 1.54) is 12.8 Å². The standard InChI is InChI=1S/C17H26N2O.ClH/c1-17(2,15-6-4-3-5-7-15)19-16(20)9-8-14-10-12-18-13-11-14;/h3-7,14,18H,8-13H2,1-2H3,(H,19,20);1H. The molecule has 0 aromatic heterocycles. The topological polar surface area (TPSA) is 41.1 Å². The Balaban J connectivity index is 0.00000220. The van der Waals surface area contributed by atoms with Crippen molar-refractivity contribution in [2.24, 2.45) is 5.92 Å². The van der Waals surface area contributed by atoms with Gasteiger partial charge in [-0.05, 0) is 57.7 Å². The molecule has 21 heavy (non-hydrogen) atoms. The second kappa shape index (κ2) is 8.40. The van der Waals surface area contributed by atoms with Crippen LogP contribution in [0.5, 0.6) is 0 Å². The highest BCUT2D eigenvalue weighted by atomic mass is 35.5. The molecule has 1 aromatic carbocycles. The molecule has 0 radical (unpaired) electrons. The molecule has 2 rings (SSSR count). The highest BCUT2D eigenvalue weighted by molar-refractivity contribution is 5.85. The van der Waals surface area contributed by atoms with Gasteiger partial charge in [0.2, 0.25) is 5.91 Å². The number of halogens is 1. The number of hydrogen-bond acceptors (Lipinski definition) is 2. The first kappa shape index (κ1) is 18.0. The van der Waals surface area contributed by atoms with Crippen molar-refractivity contribution in [2.75, 3.05) is 13.1 Å². The number of hydrogen-bond donors (Lipinski definition) is 2. The number of amides is 1. The molecule has 1 aromatic rings. The van der Waals surface area contributed by atoms with Gasteiger partial charge in [0.15, 0.2) is 0 Å². The van der Waals surface area contributed by atoms with E-state index in [2.05, 4.69) is 36.6 Å². The smallest absolute Gasteiger partial charge is 0.220 e. The van der Waals surface area contributed by atoms with Gasteiger partial charge in [0.25, 0.3) is 0 Å². The minimum atomic E-state index is -0.299. The lowest BCUT2D eigenvalue weighted by Gasteiger charge is -2.28. The molecule has 1 saturated heterocycles. The summed E-state index contributed by atoms with van der Waals surface area (Å²) in [7, 11) is 0. The van der Waals surface area contributed by atoms with E-state index >= 15 is 0 Å². The fourth-order valence-corrected chi connectivity index (χ4v) is 2.84. The Kier molecular flexibility index (Phi) is 7.20. The molecule has 0 atom stereocenters. The first-order chi connectivity index (χ1) is 9.58. The predicted octanol–water partition coefficient (Wildman–Crippen LogP) is 3.24. The van der Waals surface area contributed by atoms with E-state index in [1.54, 1.807) is 0 Å². The maximum absolute atomic E-state index is 12.1. The highest BCUT2D eigenvalue weighted by Crippen LogP contribution is 2.21. The van der Waals surface area contributed by atoms with E-state index in [1.807, 2.05) is 18.2 Å². The van der Waals surface area contributed by atoms with Gasteiger partial charge >= 0.3 is 0 Å². The van der Waals surface area contributed by atoms with Gasteiger partial charge in [-0.15, -0.1) is 12.4 Å². The number of carbonyl (C=O) groups excluding carboxylic acids is 1. The van der Waals surface area contributed by atoms with Crippen molar-refractivity contribution < 1.29 is 4.79 Å². The molecule has 0 unspecified atom stereocenters. The molecule has 3 nitrogen and oxygen atoms in total. The van der Waals surface area contributed by atoms with Crippen LogP contribution in [0.1, 0.15) is 45.1 Å². The second-order valence-electron chi connectivity index (χ2n) is 6.27. The number of nitrogens with one attached hydrogen (secondary N) is 2. The van der Waals surface area contributed by atoms with Crippen molar-refractivity contribution in [3.63, 3.8) is 0 Å².